The molecule has 0 N–H and O–H groups in total. The summed E-state index contributed by atoms with van der Waals surface area (Å²) in [5, 5.41) is 0. The number of amides is 1. The van der Waals surface area contributed by atoms with Crippen molar-refractivity contribution in [2.75, 3.05) is 44.8 Å². The Labute approximate surface area is 195 Å². The van der Waals surface area contributed by atoms with E-state index in [2.05, 4.69) is 24.8 Å². The fraction of sp³-hybridized carbons (Fsp3) is 0.500. The number of hydrogen-bond acceptors (Lipinski definition) is 6. The van der Waals surface area contributed by atoms with Crippen LogP contribution in [0.3, 0.4) is 0 Å². The molecule has 2 aromatic carbocycles. The average molecular weight is 453 g/mol. The van der Waals surface area contributed by atoms with Gasteiger partial charge < -0.3 is 23.8 Å². The summed E-state index contributed by atoms with van der Waals surface area (Å²) in [5.41, 5.74) is 1.82. The third-order valence-corrected chi connectivity index (χ3v) is 6.57. The minimum Gasteiger partial charge on any atom is -0.490 e. The highest BCUT2D eigenvalue weighted by atomic mass is 16.5. The van der Waals surface area contributed by atoms with Crippen LogP contribution in [-0.4, -0.2) is 62.4 Å². The van der Waals surface area contributed by atoms with E-state index in [1.54, 1.807) is 11.9 Å². The number of carbonyl (C=O) groups is 1. The summed E-state index contributed by atoms with van der Waals surface area (Å²) in [5.74, 6) is 3.19. The van der Waals surface area contributed by atoms with Crippen LogP contribution in [0.25, 0.3) is 0 Å². The molecular formula is C26H32N2O5. The Morgan fingerprint density at radius 1 is 1.15 bits per heavy atom. The number of ether oxygens (including phenoxy) is 4. The summed E-state index contributed by atoms with van der Waals surface area (Å²) >= 11 is 0. The molecule has 33 heavy (non-hydrogen) atoms. The number of benzene rings is 2. The lowest BCUT2D eigenvalue weighted by atomic mass is 10.0. The number of fused-ring (bicyclic) bond motifs is 2. The van der Waals surface area contributed by atoms with Crippen LogP contribution in [0.4, 0.5) is 5.69 Å². The lowest BCUT2D eigenvalue weighted by Gasteiger charge is -2.32. The average Bonchev–Trinajstić information content (AvgIpc) is 3.12. The Balaban J connectivity index is 1.09. The number of piperidine rings is 1. The molecule has 3 aliphatic heterocycles. The standard InChI is InChI=1S/C26H32N2O5/c1-26(2)16-18-5-4-6-23(25(18)33-26)30-14-13-28-11-9-19(10-12-28)32-20-7-8-22-21(15-20)27(3)24(29)17-31-22/h4-8,15,19H,9-14,16-17H2,1-3H3. The van der Waals surface area contributed by atoms with Crippen molar-refractivity contribution >= 4 is 11.6 Å². The Morgan fingerprint density at radius 2 is 1.97 bits per heavy atom. The molecule has 7 heteroatoms. The van der Waals surface area contributed by atoms with Crippen LogP contribution in [0.5, 0.6) is 23.0 Å². The SMILES string of the molecule is CN1C(=O)COc2ccc(OC3CCN(CCOc4cccc5c4OC(C)(C)C5)CC3)cc21. The van der Waals surface area contributed by atoms with Crippen LogP contribution in [0.2, 0.25) is 0 Å². The third kappa shape index (κ3) is 4.74. The highest BCUT2D eigenvalue weighted by molar-refractivity contribution is 5.97. The number of nitrogens with zero attached hydrogens (tertiary/aromatic N) is 2. The maximum Gasteiger partial charge on any atom is 0.264 e. The molecule has 3 heterocycles. The molecule has 0 saturated carbocycles. The van der Waals surface area contributed by atoms with Gasteiger partial charge in [0.05, 0.1) is 5.69 Å². The maximum absolute atomic E-state index is 11.9. The Morgan fingerprint density at radius 3 is 2.79 bits per heavy atom. The monoisotopic (exact) mass is 452 g/mol. The molecule has 0 aliphatic carbocycles. The van der Waals surface area contributed by atoms with Gasteiger partial charge in [0.2, 0.25) is 0 Å². The molecule has 0 spiro atoms. The van der Waals surface area contributed by atoms with Crippen LogP contribution in [0.15, 0.2) is 36.4 Å². The van der Waals surface area contributed by atoms with E-state index in [1.807, 2.05) is 30.3 Å². The molecule has 2 aromatic rings. The number of hydrogen-bond donors (Lipinski definition) is 0. The van der Waals surface area contributed by atoms with Crippen LogP contribution in [-0.2, 0) is 11.2 Å². The first-order valence-electron chi connectivity index (χ1n) is 11.7. The third-order valence-electron chi connectivity index (χ3n) is 6.57. The maximum atomic E-state index is 11.9. The Kier molecular flexibility index (Phi) is 5.83. The summed E-state index contributed by atoms with van der Waals surface area (Å²) in [6.45, 7) is 7.76. The molecule has 3 aliphatic rings. The van der Waals surface area contributed by atoms with Crippen molar-refractivity contribution in [1.29, 1.82) is 0 Å². The number of likely N-dealkylation sites (tertiary alicyclic amines) is 1. The Hall–Kier alpha value is -2.93. The van der Waals surface area contributed by atoms with Gasteiger partial charge in [0.25, 0.3) is 5.91 Å². The molecular weight excluding hydrogens is 420 g/mol. The lowest BCUT2D eigenvalue weighted by Crippen LogP contribution is -2.40. The van der Waals surface area contributed by atoms with E-state index in [4.69, 9.17) is 18.9 Å². The normalized spacial score (nSPS) is 20.0. The molecule has 176 valence electrons. The van der Waals surface area contributed by atoms with Gasteiger partial charge in [0, 0.05) is 44.7 Å². The first-order valence-corrected chi connectivity index (χ1v) is 11.7. The van der Waals surface area contributed by atoms with Crippen LogP contribution < -0.4 is 23.8 Å². The predicted molar refractivity (Wildman–Crippen MR) is 126 cm³/mol. The minimum absolute atomic E-state index is 0.0501. The Bertz CT molecular complexity index is 1030. The van der Waals surface area contributed by atoms with Crippen molar-refractivity contribution < 1.29 is 23.7 Å². The van der Waals surface area contributed by atoms with Crippen molar-refractivity contribution in [3.05, 3.63) is 42.0 Å². The van der Waals surface area contributed by atoms with Gasteiger partial charge in [-0.3, -0.25) is 9.69 Å². The van der Waals surface area contributed by atoms with Crippen molar-refractivity contribution in [2.45, 2.75) is 44.8 Å². The van der Waals surface area contributed by atoms with Gasteiger partial charge in [-0.1, -0.05) is 12.1 Å². The number of carbonyl (C=O) groups excluding carboxylic acids is 1. The number of anilines is 1. The molecule has 0 atom stereocenters. The van der Waals surface area contributed by atoms with Crippen LogP contribution >= 0.6 is 0 Å². The van der Waals surface area contributed by atoms with E-state index in [1.165, 1.54) is 5.56 Å². The van der Waals surface area contributed by atoms with Crippen molar-refractivity contribution in [1.82, 2.24) is 4.90 Å². The van der Waals surface area contributed by atoms with Gasteiger partial charge in [-0.2, -0.15) is 0 Å². The smallest absolute Gasteiger partial charge is 0.264 e. The second kappa shape index (κ2) is 8.78. The summed E-state index contributed by atoms with van der Waals surface area (Å²) in [6, 6.07) is 11.9. The summed E-state index contributed by atoms with van der Waals surface area (Å²) < 4.78 is 23.9. The zero-order valence-corrected chi connectivity index (χ0v) is 19.6. The number of likely N-dealkylation sites (N-methyl/N-ethyl adjacent to an activating group) is 1. The molecule has 1 fully saturated rings. The second-order valence-corrected chi connectivity index (χ2v) is 9.66. The van der Waals surface area contributed by atoms with E-state index in [0.717, 1.165) is 67.6 Å². The number of rotatable bonds is 6. The largest absolute Gasteiger partial charge is 0.490 e. The second-order valence-electron chi connectivity index (χ2n) is 9.66. The fourth-order valence-electron chi connectivity index (χ4n) is 4.75. The van der Waals surface area contributed by atoms with E-state index < -0.39 is 0 Å². The molecule has 0 aromatic heterocycles. The topological polar surface area (TPSA) is 60.5 Å². The van der Waals surface area contributed by atoms with Gasteiger partial charge in [-0.15, -0.1) is 0 Å². The van der Waals surface area contributed by atoms with Crippen LogP contribution in [0, 0.1) is 0 Å². The predicted octanol–water partition coefficient (Wildman–Crippen LogP) is 3.68. The summed E-state index contributed by atoms with van der Waals surface area (Å²) in [6.07, 6.45) is 3.00. The molecule has 0 unspecified atom stereocenters. The molecule has 1 saturated heterocycles. The summed E-state index contributed by atoms with van der Waals surface area (Å²) in [4.78, 5) is 15.9. The quantitative estimate of drug-likeness (QED) is 0.667. The van der Waals surface area contributed by atoms with Crippen LogP contribution in [0.1, 0.15) is 32.3 Å². The zero-order valence-electron chi connectivity index (χ0n) is 19.6. The molecule has 5 rings (SSSR count). The minimum atomic E-state index is -0.167. The lowest BCUT2D eigenvalue weighted by molar-refractivity contribution is -0.120. The molecule has 1 amide bonds. The highest BCUT2D eigenvalue weighted by Gasteiger charge is 2.32. The number of para-hydroxylation sites is 1. The van der Waals surface area contributed by atoms with Gasteiger partial charge >= 0.3 is 0 Å². The first kappa shape index (κ1) is 21.9. The molecule has 7 nitrogen and oxygen atoms in total. The van der Waals surface area contributed by atoms with Gasteiger partial charge in [-0.05, 0) is 44.9 Å². The van der Waals surface area contributed by atoms with E-state index in [9.17, 15) is 4.79 Å². The van der Waals surface area contributed by atoms with Crippen molar-refractivity contribution in [3.8, 4) is 23.0 Å². The van der Waals surface area contributed by atoms with E-state index >= 15 is 0 Å². The van der Waals surface area contributed by atoms with Crippen molar-refractivity contribution in [3.63, 3.8) is 0 Å². The molecule has 0 radical (unpaired) electrons. The highest BCUT2D eigenvalue weighted by Crippen LogP contribution is 2.41. The van der Waals surface area contributed by atoms with Crippen molar-refractivity contribution in [2.24, 2.45) is 0 Å². The van der Waals surface area contributed by atoms with Gasteiger partial charge in [0.1, 0.15) is 29.8 Å². The zero-order chi connectivity index (χ0) is 23.0. The van der Waals surface area contributed by atoms with E-state index in [0.29, 0.717) is 6.61 Å². The fourth-order valence-corrected chi connectivity index (χ4v) is 4.75. The van der Waals surface area contributed by atoms with Gasteiger partial charge in [-0.25, -0.2) is 0 Å². The first-order chi connectivity index (χ1) is 15.9. The summed E-state index contributed by atoms with van der Waals surface area (Å²) in [7, 11) is 1.77. The van der Waals surface area contributed by atoms with Gasteiger partial charge in [0.15, 0.2) is 18.1 Å². The molecule has 0 bridgehead atoms. The van der Waals surface area contributed by atoms with E-state index in [-0.39, 0.29) is 24.2 Å².